The number of aryl methyl sites for hydroxylation is 1. The van der Waals surface area contributed by atoms with Crippen molar-refractivity contribution in [2.75, 3.05) is 26.8 Å². The van der Waals surface area contributed by atoms with Gasteiger partial charge in [-0.05, 0) is 20.4 Å². The van der Waals surface area contributed by atoms with Crippen LogP contribution in [0.3, 0.4) is 0 Å². The summed E-state index contributed by atoms with van der Waals surface area (Å²) in [5, 5.41) is 3.26. The normalized spacial score (nSPS) is 22.2. The number of nitrogens with two attached hydrogens (primary N) is 1. The largest absolute Gasteiger partial charge is 0.381 e. The zero-order chi connectivity index (χ0) is 12.3. The van der Waals surface area contributed by atoms with Crippen LogP contribution in [-0.2, 0) is 11.3 Å². The standard InChI is InChI=1S/C12H21N3OS/c1-9-14-11(8-17-9)6-15(2)12(5-13)10-3-4-16-7-10/h8,10,12H,3-7,13H2,1-2H3. The van der Waals surface area contributed by atoms with E-state index in [4.69, 9.17) is 10.5 Å². The molecule has 1 aliphatic heterocycles. The number of ether oxygens (including phenoxy) is 1. The van der Waals surface area contributed by atoms with Crippen LogP contribution in [-0.4, -0.2) is 42.7 Å². The van der Waals surface area contributed by atoms with Crippen molar-refractivity contribution < 1.29 is 4.74 Å². The summed E-state index contributed by atoms with van der Waals surface area (Å²) in [5.74, 6) is 0.574. The molecule has 0 aromatic carbocycles. The highest BCUT2D eigenvalue weighted by Gasteiger charge is 2.27. The summed E-state index contributed by atoms with van der Waals surface area (Å²) in [6.45, 7) is 5.34. The summed E-state index contributed by atoms with van der Waals surface area (Å²) in [6, 6.07) is 0.402. The minimum absolute atomic E-state index is 0.402. The van der Waals surface area contributed by atoms with Gasteiger partial charge in [0.25, 0.3) is 0 Å². The highest BCUT2D eigenvalue weighted by molar-refractivity contribution is 7.09. The first-order valence-corrected chi connectivity index (χ1v) is 6.97. The Hall–Kier alpha value is -0.490. The molecule has 5 heteroatoms. The van der Waals surface area contributed by atoms with E-state index >= 15 is 0 Å². The molecule has 0 aliphatic carbocycles. The molecule has 4 nitrogen and oxygen atoms in total. The highest BCUT2D eigenvalue weighted by atomic mass is 32.1. The summed E-state index contributed by atoms with van der Waals surface area (Å²) >= 11 is 1.70. The van der Waals surface area contributed by atoms with Crippen molar-refractivity contribution in [3.8, 4) is 0 Å². The number of hydrogen-bond donors (Lipinski definition) is 1. The second-order valence-electron chi connectivity index (χ2n) is 4.70. The first-order chi connectivity index (χ1) is 8.20. The van der Waals surface area contributed by atoms with Crippen LogP contribution in [0.15, 0.2) is 5.38 Å². The fourth-order valence-corrected chi connectivity index (χ4v) is 3.05. The van der Waals surface area contributed by atoms with Gasteiger partial charge in [0.2, 0.25) is 0 Å². The Bertz CT molecular complexity index is 349. The third-order valence-electron chi connectivity index (χ3n) is 3.39. The third kappa shape index (κ3) is 3.25. The van der Waals surface area contributed by atoms with Crippen LogP contribution < -0.4 is 5.73 Å². The number of thiazole rings is 1. The van der Waals surface area contributed by atoms with Gasteiger partial charge < -0.3 is 10.5 Å². The van der Waals surface area contributed by atoms with Crippen LogP contribution in [0, 0.1) is 12.8 Å². The Morgan fingerprint density at radius 2 is 2.53 bits per heavy atom. The van der Waals surface area contributed by atoms with Gasteiger partial charge in [-0.15, -0.1) is 11.3 Å². The van der Waals surface area contributed by atoms with Crippen LogP contribution in [0.1, 0.15) is 17.1 Å². The molecule has 0 radical (unpaired) electrons. The number of aromatic nitrogens is 1. The molecule has 0 spiro atoms. The summed E-state index contributed by atoms with van der Waals surface area (Å²) in [6.07, 6.45) is 1.13. The van der Waals surface area contributed by atoms with Crippen molar-refractivity contribution in [2.45, 2.75) is 25.9 Å². The molecule has 2 unspecified atom stereocenters. The van der Waals surface area contributed by atoms with Crippen molar-refractivity contribution in [3.63, 3.8) is 0 Å². The first-order valence-electron chi connectivity index (χ1n) is 6.09. The Morgan fingerprint density at radius 1 is 1.71 bits per heavy atom. The molecule has 17 heavy (non-hydrogen) atoms. The van der Waals surface area contributed by atoms with Crippen LogP contribution >= 0.6 is 11.3 Å². The second kappa shape index (κ2) is 5.91. The number of likely N-dealkylation sites (N-methyl/N-ethyl adjacent to an activating group) is 1. The minimum Gasteiger partial charge on any atom is -0.381 e. The summed E-state index contributed by atoms with van der Waals surface area (Å²) in [4.78, 5) is 6.81. The predicted octanol–water partition coefficient (Wildman–Crippen LogP) is 1.25. The Labute approximate surface area is 107 Å². The van der Waals surface area contributed by atoms with Gasteiger partial charge in [-0.25, -0.2) is 4.98 Å². The monoisotopic (exact) mass is 255 g/mol. The molecule has 2 rings (SSSR count). The number of hydrogen-bond acceptors (Lipinski definition) is 5. The van der Waals surface area contributed by atoms with Crippen molar-refractivity contribution in [1.29, 1.82) is 0 Å². The average molecular weight is 255 g/mol. The van der Waals surface area contributed by atoms with E-state index in [1.165, 1.54) is 0 Å². The Morgan fingerprint density at radius 3 is 3.06 bits per heavy atom. The number of nitrogens with zero attached hydrogens (tertiary/aromatic N) is 2. The lowest BCUT2D eigenvalue weighted by molar-refractivity contribution is 0.136. The van der Waals surface area contributed by atoms with Crippen molar-refractivity contribution >= 4 is 11.3 Å². The molecular formula is C12H21N3OS. The quantitative estimate of drug-likeness (QED) is 0.860. The van der Waals surface area contributed by atoms with Gasteiger partial charge in [0.05, 0.1) is 17.3 Å². The van der Waals surface area contributed by atoms with E-state index in [1.54, 1.807) is 11.3 Å². The van der Waals surface area contributed by atoms with Gasteiger partial charge in [0, 0.05) is 37.0 Å². The fourth-order valence-electron chi connectivity index (χ4n) is 2.44. The van der Waals surface area contributed by atoms with Crippen LogP contribution in [0.5, 0.6) is 0 Å². The molecule has 0 amide bonds. The molecule has 1 aromatic rings. The summed E-state index contributed by atoms with van der Waals surface area (Å²) in [7, 11) is 2.13. The maximum Gasteiger partial charge on any atom is 0.0897 e. The van der Waals surface area contributed by atoms with Gasteiger partial charge >= 0.3 is 0 Å². The van der Waals surface area contributed by atoms with Crippen molar-refractivity contribution in [3.05, 3.63) is 16.1 Å². The third-order valence-corrected chi connectivity index (χ3v) is 4.22. The van der Waals surface area contributed by atoms with E-state index in [1.807, 2.05) is 6.92 Å². The highest BCUT2D eigenvalue weighted by Crippen LogP contribution is 2.21. The minimum atomic E-state index is 0.402. The smallest absolute Gasteiger partial charge is 0.0897 e. The Balaban J connectivity index is 1.94. The predicted molar refractivity (Wildman–Crippen MR) is 70.1 cm³/mol. The zero-order valence-electron chi connectivity index (χ0n) is 10.6. The van der Waals surface area contributed by atoms with Crippen LogP contribution in [0.25, 0.3) is 0 Å². The zero-order valence-corrected chi connectivity index (χ0v) is 11.4. The molecule has 0 bridgehead atoms. The summed E-state index contributed by atoms with van der Waals surface area (Å²) in [5.41, 5.74) is 7.04. The molecule has 1 aliphatic rings. The van der Waals surface area contributed by atoms with Crippen molar-refractivity contribution in [1.82, 2.24) is 9.88 Å². The summed E-state index contributed by atoms with van der Waals surface area (Å²) < 4.78 is 5.45. The van der Waals surface area contributed by atoms with Gasteiger partial charge in [-0.3, -0.25) is 4.90 Å². The van der Waals surface area contributed by atoms with Gasteiger partial charge in [-0.1, -0.05) is 0 Å². The van der Waals surface area contributed by atoms with E-state index in [0.29, 0.717) is 18.5 Å². The lowest BCUT2D eigenvalue weighted by atomic mass is 9.98. The molecule has 1 aromatic heterocycles. The van der Waals surface area contributed by atoms with E-state index in [2.05, 4.69) is 22.3 Å². The molecule has 2 heterocycles. The topological polar surface area (TPSA) is 51.4 Å². The molecule has 0 saturated carbocycles. The molecular weight excluding hydrogens is 234 g/mol. The first kappa shape index (κ1) is 13.0. The maximum absolute atomic E-state index is 5.90. The lowest BCUT2D eigenvalue weighted by Crippen LogP contribution is -2.43. The van der Waals surface area contributed by atoms with Crippen molar-refractivity contribution in [2.24, 2.45) is 11.7 Å². The molecule has 2 N–H and O–H groups in total. The van der Waals surface area contributed by atoms with E-state index in [-0.39, 0.29) is 0 Å². The van der Waals surface area contributed by atoms with E-state index in [0.717, 1.165) is 36.9 Å². The molecule has 1 saturated heterocycles. The van der Waals surface area contributed by atoms with Crippen LogP contribution in [0.4, 0.5) is 0 Å². The van der Waals surface area contributed by atoms with E-state index < -0.39 is 0 Å². The lowest BCUT2D eigenvalue weighted by Gasteiger charge is -2.30. The Kier molecular flexibility index (Phi) is 4.50. The van der Waals surface area contributed by atoms with E-state index in [9.17, 15) is 0 Å². The SMILES string of the molecule is Cc1nc(CN(C)C(CN)C2CCOC2)cs1. The number of rotatable bonds is 5. The maximum atomic E-state index is 5.90. The average Bonchev–Trinajstić information content (AvgIpc) is 2.92. The second-order valence-corrected chi connectivity index (χ2v) is 5.76. The van der Waals surface area contributed by atoms with Gasteiger partial charge in [0.15, 0.2) is 0 Å². The van der Waals surface area contributed by atoms with Gasteiger partial charge in [0.1, 0.15) is 0 Å². The fraction of sp³-hybridized carbons (Fsp3) is 0.750. The van der Waals surface area contributed by atoms with Gasteiger partial charge in [-0.2, -0.15) is 0 Å². The molecule has 96 valence electrons. The van der Waals surface area contributed by atoms with Crippen LogP contribution in [0.2, 0.25) is 0 Å². The molecule has 1 fully saturated rings. The molecule has 2 atom stereocenters.